The van der Waals surface area contributed by atoms with Crippen molar-refractivity contribution >= 4 is 0 Å². The molecule has 1 unspecified atom stereocenters. The average molecular weight is 259 g/mol. The summed E-state index contributed by atoms with van der Waals surface area (Å²) in [5, 5.41) is 7.65. The molecular weight excluding hydrogens is 238 g/mol. The van der Waals surface area contributed by atoms with Crippen LogP contribution in [0, 0.1) is 6.92 Å². The average Bonchev–Trinajstić information content (AvgIpc) is 2.69. The molecule has 4 heteroatoms. The Hall–Kier alpha value is -1.81. The van der Waals surface area contributed by atoms with E-state index in [0.717, 1.165) is 23.9 Å². The Balaban J connectivity index is 2.08. The van der Waals surface area contributed by atoms with Crippen LogP contribution in [0.15, 0.2) is 30.3 Å². The fourth-order valence-corrected chi connectivity index (χ4v) is 2.05. The second kappa shape index (κ2) is 5.89. The third-order valence-electron chi connectivity index (χ3n) is 3.07. The number of nitrogens with zero attached hydrogens (tertiary/aromatic N) is 2. The van der Waals surface area contributed by atoms with Gasteiger partial charge in [-0.15, -0.1) is 0 Å². The van der Waals surface area contributed by atoms with Crippen molar-refractivity contribution < 1.29 is 4.74 Å². The molecule has 0 bridgehead atoms. The van der Waals surface area contributed by atoms with Crippen LogP contribution in [0.3, 0.4) is 0 Å². The number of rotatable bonds is 5. The maximum Gasteiger partial charge on any atom is 0.217 e. The van der Waals surface area contributed by atoms with E-state index in [4.69, 9.17) is 4.74 Å². The highest BCUT2D eigenvalue weighted by molar-refractivity contribution is 5.32. The van der Waals surface area contributed by atoms with Crippen LogP contribution in [-0.4, -0.2) is 16.3 Å². The second-order valence-corrected chi connectivity index (χ2v) is 4.70. The number of ether oxygens (including phenoxy) is 1. The topological polar surface area (TPSA) is 39.1 Å². The fourth-order valence-electron chi connectivity index (χ4n) is 2.05. The van der Waals surface area contributed by atoms with Crippen LogP contribution in [0.5, 0.6) is 11.6 Å². The Morgan fingerprint density at radius 3 is 2.53 bits per heavy atom. The normalized spacial score (nSPS) is 12.4. The maximum absolute atomic E-state index is 5.80. The van der Waals surface area contributed by atoms with Crippen molar-refractivity contribution in [3.05, 3.63) is 41.6 Å². The summed E-state index contributed by atoms with van der Waals surface area (Å²) < 4.78 is 7.55. The number of aromatic nitrogens is 2. The van der Waals surface area contributed by atoms with Gasteiger partial charge in [0.15, 0.2) is 0 Å². The van der Waals surface area contributed by atoms with Crippen molar-refractivity contribution in [1.29, 1.82) is 0 Å². The molecule has 2 rings (SSSR count). The van der Waals surface area contributed by atoms with Gasteiger partial charge in [0.1, 0.15) is 5.75 Å². The molecule has 1 aromatic heterocycles. The highest BCUT2D eigenvalue weighted by atomic mass is 16.5. The lowest BCUT2D eigenvalue weighted by atomic mass is 10.1. The number of benzene rings is 1. The van der Waals surface area contributed by atoms with Crippen LogP contribution in [-0.2, 0) is 7.05 Å². The minimum Gasteiger partial charge on any atom is -0.439 e. The van der Waals surface area contributed by atoms with E-state index in [9.17, 15) is 0 Å². The third-order valence-corrected chi connectivity index (χ3v) is 3.07. The summed E-state index contributed by atoms with van der Waals surface area (Å²) in [6.45, 7) is 7.18. The Bertz CT molecular complexity index is 531. The van der Waals surface area contributed by atoms with Gasteiger partial charge in [-0.1, -0.05) is 19.1 Å². The van der Waals surface area contributed by atoms with E-state index in [2.05, 4.69) is 36.4 Å². The molecule has 0 radical (unpaired) electrons. The monoisotopic (exact) mass is 259 g/mol. The lowest BCUT2D eigenvalue weighted by molar-refractivity contribution is 0.430. The molecule has 102 valence electrons. The Morgan fingerprint density at radius 2 is 2.00 bits per heavy atom. The number of hydrogen-bond acceptors (Lipinski definition) is 3. The van der Waals surface area contributed by atoms with E-state index in [-0.39, 0.29) is 0 Å². The van der Waals surface area contributed by atoms with E-state index >= 15 is 0 Å². The maximum atomic E-state index is 5.80. The number of hydrogen-bond donors (Lipinski definition) is 1. The van der Waals surface area contributed by atoms with Gasteiger partial charge in [-0.2, -0.15) is 5.10 Å². The number of nitrogens with one attached hydrogen (secondary N) is 1. The first-order valence-electron chi connectivity index (χ1n) is 6.62. The predicted octanol–water partition coefficient (Wildman–Crippen LogP) is 3.19. The largest absolute Gasteiger partial charge is 0.439 e. The summed E-state index contributed by atoms with van der Waals surface area (Å²) in [7, 11) is 1.88. The summed E-state index contributed by atoms with van der Waals surface area (Å²) >= 11 is 0. The lowest BCUT2D eigenvalue weighted by Crippen LogP contribution is -2.17. The first-order chi connectivity index (χ1) is 9.10. The van der Waals surface area contributed by atoms with Gasteiger partial charge >= 0.3 is 0 Å². The molecule has 0 aliphatic heterocycles. The molecule has 0 aliphatic rings. The molecule has 1 heterocycles. The van der Waals surface area contributed by atoms with Gasteiger partial charge in [0.25, 0.3) is 0 Å². The second-order valence-electron chi connectivity index (χ2n) is 4.70. The molecule has 0 amide bonds. The Labute approximate surface area is 114 Å². The molecule has 0 saturated carbocycles. The molecule has 0 spiro atoms. The summed E-state index contributed by atoms with van der Waals surface area (Å²) in [6, 6.07) is 10.4. The predicted molar refractivity (Wildman–Crippen MR) is 76.6 cm³/mol. The van der Waals surface area contributed by atoms with E-state index in [1.54, 1.807) is 4.68 Å². The number of aryl methyl sites for hydroxylation is 2. The van der Waals surface area contributed by atoms with Crippen molar-refractivity contribution in [2.45, 2.75) is 26.8 Å². The molecular formula is C15H21N3O. The van der Waals surface area contributed by atoms with Gasteiger partial charge in [0.2, 0.25) is 5.88 Å². The van der Waals surface area contributed by atoms with Crippen LogP contribution >= 0.6 is 0 Å². The van der Waals surface area contributed by atoms with Crippen molar-refractivity contribution in [3.63, 3.8) is 0 Å². The highest BCUT2D eigenvalue weighted by Gasteiger charge is 2.06. The summed E-state index contributed by atoms with van der Waals surface area (Å²) in [5.41, 5.74) is 2.21. The van der Waals surface area contributed by atoms with Crippen LogP contribution in [0.1, 0.15) is 31.1 Å². The molecule has 0 fully saturated rings. The quantitative estimate of drug-likeness (QED) is 0.896. The smallest absolute Gasteiger partial charge is 0.217 e. The van der Waals surface area contributed by atoms with Crippen molar-refractivity contribution in [3.8, 4) is 11.6 Å². The van der Waals surface area contributed by atoms with Crippen LogP contribution in [0.25, 0.3) is 0 Å². The van der Waals surface area contributed by atoms with Gasteiger partial charge in [-0.25, -0.2) is 4.68 Å². The van der Waals surface area contributed by atoms with Crippen molar-refractivity contribution in [2.75, 3.05) is 6.54 Å². The fraction of sp³-hybridized carbons (Fsp3) is 0.400. The van der Waals surface area contributed by atoms with E-state index in [1.165, 1.54) is 5.56 Å². The van der Waals surface area contributed by atoms with Crippen LogP contribution < -0.4 is 10.1 Å². The molecule has 1 aromatic carbocycles. The first-order valence-corrected chi connectivity index (χ1v) is 6.62. The van der Waals surface area contributed by atoms with Crippen molar-refractivity contribution in [1.82, 2.24) is 15.1 Å². The molecule has 0 saturated heterocycles. The molecule has 0 aliphatic carbocycles. The molecule has 1 N–H and O–H groups in total. The zero-order valence-electron chi connectivity index (χ0n) is 12.0. The van der Waals surface area contributed by atoms with Crippen LogP contribution in [0.4, 0.5) is 0 Å². The first kappa shape index (κ1) is 13.6. The summed E-state index contributed by atoms with van der Waals surface area (Å²) in [5.74, 6) is 1.58. The van der Waals surface area contributed by atoms with Gasteiger partial charge in [-0.3, -0.25) is 0 Å². The minimum atomic E-state index is 0.359. The lowest BCUT2D eigenvalue weighted by Gasteiger charge is -2.13. The van der Waals surface area contributed by atoms with Gasteiger partial charge in [0.05, 0.1) is 5.69 Å². The van der Waals surface area contributed by atoms with E-state index in [0.29, 0.717) is 6.04 Å². The summed E-state index contributed by atoms with van der Waals surface area (Å²) in [6.07, 6.45) is 0. The minimum absolute atomic E-state index is 0.359. The van der Waals surface area contributed by atoms with Gasteiger partial charge < -0.3 is 10.1 Å². The van der Waals surface area contributed by atoms with E-state index in [1.807, 2.05) is 32.2 Å². The van der Waals surface area contributed by atoms with Crippen molar-refractivity contribution in [2.24, 2.45) is 7.05 Å². The standard InChI is InChI=1S/C15H21N3O/c1-5-16-12(3)13-6-8-14(9-7-13)19-15-10-11(2)17-18(15)4/h6-10,12,16H,5H2,1-4H3. The highest BCUT2D eigenvalue weighted by Crippen LogP contribution is 2.23. The Morgan fingerprint density at radius 1 is 1.32 bits per heavy atom. The molecule has 19 heavy (non-hydrogen) atoms. The van der Waals surface area contributed by atoms with Crippen LogP contribution in [0.2, 0.25) is 0 Å². The Kier molecular flexibility index (Phi) is 4.22. The summed E-state index contributed by atoms with van der Waals surface area (Å²) in [4.78, 5) is 0. The zero-order chi connectivity index (χ0) is 13.8. The SMILES string of the molecule is CCNC(C)c1ccc(Oc2cc(C)nn2C)cc1. The molecule has 4 nitrogen and oxygen atoms in total. The third kappa shape index (κ3) is 3.35. The zero-order valence-corrected chi connectivity index (χ0v) is 12.0. The molecule has 2 aromatic rings. The van der Waals surface area contributed by atoms with Gasteiger partial charge in [-0.05, 0) is 38.1 Å². The molecule has 1 atom stereocenters. The van der Waals surface area contributed by atoms with E-state index < -0.39 is 0 Å². The van der Waals surface area contributed by atoms with Gasteiger partial charge in [0, 0.05) is 19.2 Å².